The summed E-state index contributed by atoms with van der Waals surface area (Å²) in [6.07, 6.45) is 3.56. The molecule has 21 heavy (non-hydrogen) atoms. The number of ether oxygens (including phenoxy) is 2. The van der Waals surface area contributed by atoms with Gasteiger partial charge in [0.25, 0.3) is 5.22 Å². The Morgan fingerprint density at radius 3 is 2.38 bits per heavy atom. The summed E-state index contributed by atoms with van der Waals surface area (Å²) in [5, 5.41) is 7.91. The predicted octanol–water partition coefficient (Wildman–Crippen LogP) is 2.47. The van der Waals surface area contributed by atoms with Gasteiger partial charge in [0.2, 0.25) is 5.89 Å². The Balaban J connectivity index is 2.39. The van der Waals surface area contributed by atoms with Crippen molar-refractivity contribution >= 4 is 23.7 Å². The SMILES string of the molecule is [CH2]Sc1nnc(-c2ccc(OC(C)=O)c(OC(C)=O)c2)o1. The second kappa shape index (κ2) is 6.40. The van der Waals surface area contributed by atoms with Gasteiger partial charge in [0, 0.05) is 25.7 Å². The number of benzene rings is 1. The summed E-state index contributed by atoms with van der Waals surface area (Å²) in [4.78, 5) is 22.2. The molecular formula is C13H11N2O5S. The van der Waals surface area contributed by atoms with E-state index in [1.54, 1.807) is 6.07 Å². The summed E-state index contributed by atoms with van der Waals surface area (Å²) in [5.41, 5.74) is 0.523. The number of hydrogen-bond donors (Lipinski definition) is 0. The molecule has 2 rings (SSSR count). The molecule has 0 N–H and O–H groups in total. The number of nitrogens with zero attached hydrogens (tertiary/aromatic N) is 2. The van der Waals surface area contributed by atoms with Crippen molar-refractivity contribution in [2.45, 2.75) is 19.1 Å². The van der Waals surface area contributed by atoms with Crippen molar-refractivity contribution in [3.63, 3.8) is 0 Å². The van der Waals surface area contributed by atoms with E-state index in [4.69, 9.17) is 13.9 Å². The third-order valence-corrected chi connectivity index (χ3v) is 2.64. The fourth-order valence-electron chi connectivity index (χ4n) is 1.50. The molecule has 1 heterocycles. The highest BCUT2D eigenvalue weighted by Gasteiger charge is 2.15. The fourth-order valence-corrected chi connectivity index (χ4v) is 1.74. The highest BCUT2D eigenvalue weighted by atomic mass is 32.2. The van der Waals surface area contributed by atoms with Crippen LogP contribution in [0.5, 0.6) is 11.5 Å². The maximum Gasteiger partial charge on any atom is 0.308 e. The van der Waals surface area contributed by atoms with Crippen LogP contribution in [0, 0.1) is 6.26 Å². The molecular weight excluding hydrogens is 296 g/mol. The molecule has 109 valence electrons. The van der Waals surface area contributed by atoms with Crippen molar-refractivity contribution < 1.29 is 23.5 Å². The highest BCUT2D eigenvalue weighted by molar-refractivity contribution is 8.00. The standard InChI is InChI=1S/C13H11N2O5S/c1-7(16)18-10-5-4-9(6-11(10)19-8(2)17)12-14-15-13(20-12)21-3/h4-6H,3H2,1-2H3. The maximum absolute atomic E-state index is 11.1. The Bertz CT molecular complexity index is 683. The van der Waals surface area contributed by atoms with Crippen LogP contribution in [-0.4, -0.2) is 22.1 Å². The minimum Gasteiger partial charge on any atom is -0.423 e. The molecule has 0 unspecified atom stereocenters. The van der Waals surface area contributed by atoms with E-state index in [0.717, 1.165) is 11.8 Å². The van der Waals surface area contributed by atoms with Crippen LogP contribution in [0.25, 0.3) is 11.5 Å². The third-order valence-electron chi connectivity index (χ3n) is 2.23. The van der Waals surface area contributed by atoms with Gasteiger partial charge in [0.15, 0.2) is 11.5 Å². The molecule has 1 aromatic carbocycles. The minimum atomic E-state index is -0.542. The molecule has 0 aliphatic carbocycles. The Labute approximate surface area is 124 Å². The van der Waals surface area contributed by atoms with Crippen LogP contribution >= 0.6 is 11.8 Å². The van der Waals surface area contributed by atoms with Crippen LogP contribution in [0.2, 0.25) is 0 Å². The number of hydrogen-bond acceptors (Lipinski definition) is 8. The second-order valence-electron chi connectivity index (χ2n) is 3.87. The van der Waals surface area contributed by atoms with Crippen molar-refractivity contribution in [3.05, 3.63) is 24.5 Å². The zero-order chi connectivity index (χ0) is 15.4. The van der Waals surface area contributed by atoms with Gasteiger partial charge in [-0.3, -0.25) is 9.59 Å². The largest absolute Gasteiger partial charge is 0.423 e. The van der Waals surface area contributed by atoms with Crippen LogP contribution in [-0.2, 0) is 9.59 Å². The Morgan fingerprint density at radius 1 is 1.14 bits per heavy atom. The van der Waals surface area contributed by atoms with Crippen LogP contribution in [0.1, 0.15) is 13.8 Å². The summed E-state index contributed by atoms with van der Waals surface area (Å²) < 4.78 is 15.3. The van der Waals surface area contributed by atoms with E-state index in [-0.39, 0.29) is 17.4 Å². The summed E-state index contributed by atoms with van der Waals surface area (Å²) in [6.45, 7) is 2.50. The molecule has 0 fully saturated rings. The lowest BCUT2D eigenvalue weighted by Crippen LogP contribution is -2.07. The average molecular weight is 307 g/mol. The highest BCUT2D eigenvalue weighted by Crippen LogP contribution is 2.33. The minimum absolute atomic E-state index is 0.0947. The summed E-state index contributed by atoms with van der Waals surface area (Å²) in [5.74, 6) is -0.598. The van der Waals surface area contributed by atoms with Gasteiger partial charge in [-0.15, -0.1) is 10.2 Å². The predicted molar refractivity (Wildman–Crippen MR) is 73.6 cm³/mol. The molecule has 8 heteroatoms. The number of thioether (sulfide) groups is 1. The van der Waals surface area contributed by atoms with Crippen molar-refractivity contribution in [2.75, 3.05) is 0 Å². The quantitative estimate of drug-likeness (QED) is 0.483. The summed E-state index contributed by atoms with van der Waals surface area (Å²) in [6, 6.07) is 4.57. The number of aromatic nitrogens is 2. The van der Waals surface area contributed by atoms with Crippen molar-refractivity contribution in [2.24, 2.45) is 0 Å². The molecule has 0 aliphatic rings. The van der Waals surface area contributed by atoms with Gasteiger partial charge < -0.3 is 13.9 Å². The Hall–Kier alpha value is -2.35. The molecule has 0 bridgehead atoms. The van der Waals surface area contributed by atoms with E-state index in [2.05, 4.69) is 16.5 Å². The van der Waals surface area contributed by atoms with Gasteiger partial charge in [0.1, 0.15) is 0 Å². The van der Waals surface area contributed by atoms with Gasteiger partial charge in [0.05, 0.1) is 0 Å². The van der Waals surface area contributed by atoms with Crippen molar-refractivity contribution in [3.8, 4) is 23.0 Å². The molecule has 0 aliphatic heterocycles. The van der Waals surface area contributed by atoms with Gasteiger partial charge in [-0.1, -0.05) is 11.8 Å². The van der Waals surface area contributed by atoms with Crippen LogP contribution in [0.3, 0.4) is 0 Å². The van der Waals surface area contributed by atoms with Crippen molar-refractivity contribution in [1.82, 2.24) is 10.2 Å². The molecule has 0 amide bonds. The zero-order valence-electron chi connectivity index (χ0n) is 11.3. The van der Waals surface area contributed by atoms with E-state index < -0.39 is 11.9 Å². The molecule has 0 saturated carbocycles. The molecule has 7 nitrogen and oxygen atoms in total. The topological polar surface area (TPSA) is 91.5 Å². The Kier molecular flexibility index (Phi) is 4.59. The molecule has 1 aromatic heterocycles. The van der Waals surface area contributed by atoms with E-state index in [9.17, 15) is 9.59 Å². The van der Waals surface area contributed by atoms with E-state index >= 15 is 0 Å². The van der Waals surface area contributed by atoms with Gasteiger partial charge >= 0.3 is 11.9 Å². The number of esters is 2. The Morgan fingerprint density at radius 2 is 1.81 bits per heavy atom. The smallest absolute Gasteiger partial charge is 0.308 e. The lowest BCUT2D eigenvalue weighted by atomic mass is 10.2. The lowest BCUT2D eigenvalue weighted by Gasteiger charge is -2.09. The van der Waals surface area contributed by atoms with E-state index in [1.807, 2.05) is 0 Å². The van der Waals surface area contributed by atoms with E-state index in [0.29, 0.717) is 10.8 Å². The van der Waals surface area contributed by atoms with E-state index in [1.165, 1.54) is 26.0 Å². The first-order chi connectivity index (χ1) is 9.99. The first-order valence-electron chi connectivity index (χ1n) is 5.76. The number of carbonyl (C=O) groups excluding carboxylic acids is 2. The van der Waals surface area contributed by atoms with Gasteiger partial charge in [-0.25, -0.2) is 0 Å². The molecule has 0 saturated heterocycles. The second-order valence-corrected chi connectivity index (χ2v) is 4.50. The van der Waals surface area contributed by atoms with Crippen molar-refractivity contribution in [1.29, 1.82) is 0 Å². The maximum atomic E-state index is 11.1. The summed E-state index contributed by atoms with van der Waals surface area (Å²) >= 11 is 1.07. The molecule has 2 aromatic rings. The van der Waals surface area contributed by atoms with Crippen LogP contribution < -0.4 is 9.47 Å². The van der Waals surface area contributed by atoms with Gasteiger partial charge in [-0.05, 0) is 18.2 Å². The van der Waals surface area contributed by atoms with Crippen LogP contribution in [0.4, 0.5) is 0 Å². The van der Waals surface area contributed by atoms with Gasteiger partial charge in [-0.2, -0.15) is 0 Å². The van der Waals surface area contributed by atoms with Crippen LogP contribution in [0.15, 0.2) is 27.8 Å². The summed E-state index contributed by atoms with van der Waals surface area (Å²) in [7, 11) is 0. The average Bonchev–Trinajstić information content (AvgIpc) is 2.88. The number of carbonyl (C=O) groups is 2. The lowest BCUT2D eigenvalue weighted by molar-refractivity contribution is -0.134. The first-order valence-corrected chi connectivity index (χ1v) is 6.75. The monoisotopic (exact) mass is 307 g/mol. The molecule has 1 radical (unpaired) electrons. The normalized spacial score (nSPS) is 10.2. The fraction of sp³-hybridized carbons (Fsp3) is 0.154. The third kappa shape index (κ3) is 3.82. The number of rotatable bonds is 4. The zero-order valence-corrected chi connectivity index (χ0v) is 12.1. The first kappa shape index (κ1) is 15.0. The molecule has 0 atom stereocenters. The molecule has 0 spiro atoms.